The van der Waals surface area contributed by atoms with Crippen molar-refractivity contribution >= 4 is 34.1 Å². The van der Waals surface area contributed by atoms with Gasteiger partial charge in [-0.1, -0.05) is 46.9 Å². The van der Waals surface area contributed by atoms with Gasteiger partial charge in [-0.05, 0) is 57.0 Å². The van der Waals surface area contributed by atoms with Gasteiger partial charge in [-0.2, -0.15) is 0 Å². The Kier molecular flexibility index (Phi) is 7.70. The fraction of sp³-hybridized carbons (Fsp3) is 0.318. The van der Waals surface area contributed by atoms with Crippen molar-refractivity contribution in [1.29, 1.82) is 0 Å². The molecule has 0 aliphatic rings. The van der Waals surface area contributed by atoms with Crippen LogP contribution in [0.5, 0.6) is 11.5 Å². The molecule has 0 unspecified atom stereocenters. The number of nitrogens with one attached hydrogen (secondary N) is 1. The Morgan fingerprint density at radius 3 is 2.57 bits per heavy atom. The molecular weight excluding hydrogens is 418 g/mol. The van der Waals surface area contributed by atoms with Crippen molar-refractivity contribution in [3.8, 4) is 11.5 Å². The fourth-order valence-corrected chi connectivity index (χ4v) is 4.59. The average Bonchev–Trinajstić information content (AvgIpc) is 3.17. The Morgan fingerprint density at radius 1 is 1.03 bits per heavy atom. The van der Waals surface area contributed by atoms with Crippen LogP contribution in [0.25, 0.3) is 0 Å². The third-order valence-electron chi connectivity index (χ3n) is 4.29. The summed E-state index contributed by atoms with van der Waals surface area (Å²) in [4.78, 5) is 12.6. The second-order valence-electron chi connectivity index (χ2n) is 6.57. The summed E-state index contributed by atoms with van der Waals surface area (Å²) in [5.41, 5.74) is 4.25. The van der Waals surface area contributed by atoms with Crippen LogP contribution in [0.2, 0.25) is 0 Å². The normalized spacial score (nSPS) is 10.7. The number of carbonyl (C=O) groups is 1. The SMILES string of the molecule is CCOc1ccc(C(=O)Nc2nnc(SCc3cc(C)ccc3C)s2)cc1OCC. The molecular formula is C22H25N3O3S2. The van der Waals surface area contributed by atoms with Crippen molar-refractivity contribution in [3.63, 3.8) is 0 Å². The van der Waals surface area contributed by atoms with Gasteiger partial charge in [-0.3, -0.25) is 10.1 Å². The molecule has 0 bridgehead atoms. The van der Waals surface area contributed by atoms with Gasteiger partial charge in [0.05, 0.1) is 13.2 Å². The number of benzene rings is 2. The van der Waals surface area contributed by atoms with Crippen LogP contribution in [0.3, 0.4) is 0 Å². The maximum atomic E-state index is 12.6. The Morgan fingerprint density at radius 2 is 1.80 bits per heavy atom. The predicted octanol–water partition coefficient (Wildman–Crippen LogP) is 5.50. The zero-order chi connectivity index (χ0) is 21.5. The van der Waals surface area contributed by atoms with E-state index in [0.29, 0.717) is 35.4 Å². The van der Waals surface area contributed by atoms with Crippen LogP contribution in [-0.2, 0) is 5.75 Å². The van der Waals surface area contributed by atoms with Gasteiger partial charge in [0, 0.05) is 11.3 Å². The molecule has 1 amide bonds. The molecule has 0 aliphatic carbocycles. The topological polar surface area (TPSA) is 73.3 Å². The standard InChI is InChI=1S/C22H25N3O3S2/c1-5-27-18-10-9-16(12-19(18)28-6-2)20(26)23-21-24-25-22(30-21)29-13-17-11-14(3)7-8-15(17)4/h7-12H,5-6,13H2,1-4H3,(H,23,24,26). The Hall–Kier alpha value is -2.58. The summed E-state index contributed by atoms with van der Waals surface area (Å²) in [7, 11) is 0. The molecule has 0 aliphatic heterocycles. The molecule has 0 saturated carbocycles. The highest BCUT2D eigenvalue weighted by Crippen LogP contribution is 2.31. The summed E-state index contributed by atoms with van der Waals surface area (Å²) < 4.78 is 12.0. The zero-order valence-corrected chi connectivity index (χ0v) is 19.2. The minimum absolute atomic E-state index is 0.263. The number of hydrogen-bond donors (Lipinski definition) is 1. The van der Waals surface area contributed by atoms with Crippen LogP contribution in [-0.4, -0.2) is 29.3 Å². The van der Waals surface area contributed by atoms with Crippen LogP contribution in [0.15, 0.2) is 40.7 Å². The highest BCUT2D eigenvalue weighted by atomic mass is 32.2. The van der Waals surface area contributed by atoms with Gasteiger partial charge in [-0.15, -0.1) is 10.2 Å². The third-order valence-corrected chi connectivity index (χ3v) is 6.31. The fourth-order valence-electron chi connectivity index (χ4n) is 2.78. The number of rotatable bonds is 9. The monoisotopic (exact) mass is 443 g/mol. The van der Waals surface area contributed by atoms with Gasteiger partial charge in [0.25, 0.3) is 5.91 Å². The lowest BCUT2D eigenvalue weighted by Crippen LogP contribution is -2.12. The molecule has 6 nitrogen and oxygen atoms in total. The van der Waals surface area contributed by atoms with Crippen LogP contribution in [0, 0.1) is 13.8 Å². The van der Waals surface area contributed by atoms with E-state index in [2.05, 4.69) is 47.6 Å². The lowest BCUT2D eigenvalue weighted by atomic mass is 10.1. The number of aromatic nitrogens is 2. The van der Waals surface area contributed by atoms with Crippen molar-refractivity contribution in [2.24, 2.45) is 0 Å². The van der Waals surface area contributed by atoms with E-state index in [9.17, 15) is 4.79 Å². The van der Waals surface area contributed by atoms with Crippen molar-refractivity contribution in [2.75, 3.05) is 18.5 Å². The van der Waals surface area contributed by atoms with Crippen LogP contribution in [0.4, 0.5) is 5.13 Å². The summed E-state index contributed by atoms with van der Waals surface area (Å²) in [5, 5.41) is 11.6. The molecule has 0 fully saturated rings. The predicted molar refractivity (Wildman–Crippen MR) is 122 cm³/mol. The van der Waals surface area contributed by atoms with Crippen LogP contribution < -0.4 is 14.8 Å². The first-order valence-corrected chi connectivity index (χ1v) is 11.5. The Bertz CT molecular complexity index is 1020. The van der Waals surface area contributed by atoms with Gasteiger partial charge in [0.1, 0.15) is 0 Å². The maximum absolute atomic E-state index is 12.6. The molecule has 1 heterocycles. The quantitative estimate of drug-likeness (QED) is 0.348. The molecule has 0 atom stereocenters. The molecule has 0 saturated heterocycles. The van der Waals surface area contributed by atoms with E-state index in [4.69, 9.17) is 9.47 Å². The number of amides is 1. The zero-order valence-electron chi connectivity index (χ0n) is 17.5. The number of nitrogens with zero attached hydrogens (tertiary/aromatic N) is 2. The molecule has 1 aromatic heterocycles. The Balaban J connectivity index is 1.64. The summed E-state index contributed by atoms with van der Waals surface area (Å²) in [6, 6.07) is 11.6. The second kappa shape index (κ2) is 10.4. The number of carbonyl (C=O) groups excluding carboxylic acids is 1. The molecule has 1 N–H and O–H groups in total. The van der Waals surface area contributed by atoms with Gasteiger partial charge < -0.3 is 9.47 Å². The minimum Gasteiger partial charge on any atom is -0.490 e. The van der Waals surface area contributed by atoms with Gasteiger partial charge >= 0.3 is 0 Å². The minimum atomic E-state index is -0.263. The highest BCUT2D eigenvalue weighted by Gasteiger charge is 2.14. The maximum Gasteiger partial charge on any atom is 0.257 e. The largest absolute Gasteiger partial charge is 0.490 e. The number of hydrogen-bond acceptors (Lipinski definition) is 7. The molecule has 8 heteroatoms. The molecule has 0 radical (unpaired) electrons. The number of ether oxygens (including phenoxy) is 2. The van der Waals surface area contributed by atoms with E-state index in [1.807, 2.05) is 13.8 Å². The lowest BCUT2D eigenvalue weighted by molar-refractivity contribution is 0.102. The van der Waals surface area contributed by atoms with E-state index in [1.54, 1.807) is 30.0 Å². The van der Waals surface area contributed by atoms with E-state index in [0.717, 1.165) is 10.1 Å². The van der Waals surface area contributed by atoms with E-state index in [1.165, 1.54) is 28.0 Å². The first-order chi connectivity index (χ1) is 14.5. The van der Waals surface area contributed by atoms with Crippen molar-refractivity contribution < 1.29 is 14.3 Å². The number of aryl methyl sites for hydroxylation is 2. The summed E-state index contributed by atoms with van der Waals surface area (Å²) in [5.74, 6) is 1.72. The lowest BCUT2D eigenvalue weighted by Gasteiger charge is -2.12. The Labute approximate surface area is 185 Å². The summed E-state index contributed by atoms with van der Waals surface area (Å²) in [6.45, 7) is 9.00. The highest BCUT2D eigenvalue weighted by molar-refractivity contribution is 8.00. The van der Waals surface area contributed by atoms with Crippen LogP contribution in [0.1, 0.15) is 40.9 Å². The molecule has 0 spiro atoms. The first-order valence-electron chi connectivity index (χ1n) is 9.73. The third kappa shape index (κ3) is 5.73. The number of anilines is 1. The summed E-state index contributed by atoms with van der Waals surface area (Å²) in [6.07, 6.45) is 0. The van der Waals surface area contributed by atoms with E-state index in [-0.39, 0.29) is 5.91 Å². The van der Waals surface area contributed by atoms with E-state index < -0.39 is 0 Å². The first kappa shape index (κ1) is 22.1. The van der Waals surface area contributed by atoms with Crippen molar-refractivity contribution in [3.05, 3.63) is 58.7 Å². The second-order valence-corrected chi connectivity index (χ2v) is 8.77. The molecule has 158 valence electrons. The molecule has 30 heavy (non-hydrogen) atoms. The average molecular weight is 444 g/mol. The molecule has 3 rings (SSSR count). The van der Waals surface area contributed by atoms with Crippen LogP contribution >= 0.6 is 23.1 Å². The van der Waals surface area contributed by atoms with E-state index >= 15 is 0 Å². The van der Waals surface area contributed by atoms with Crippen molar-refractivity contribution in [1.82, 2.24) is 10.2 Å². The molecule has 2 aromatic carbocycles. The smallest absolute Gasteiger partial charge is 0.257 e. The van der Waals surface area contributed by atoms with Crippen molar-refractivity contribution in [2.45, 2.75) is 37.8 Å². The van der Waals surface area contributed by atoms with Gasteiger partial charge in [0.15, 0.2) is 15.8 Å². The summed E-state index contributed by atoms with van der Waals surface area (Å²) >= 11 is 2.98. The number of thioether (sulfide) groups is 1. The van der Waals surface area contributed by atoms with Gasteiger partial charge in [-0.25, -0.2) is 0 Å². The van der Waals surface area contributed by atoms with Gasteiger partial charge in [0.2, 0.25) is 5.13 Å². The molecule has 3 aromatic rings.